The van der Waals surface area contributed by atoms with E-state index in [-0.39, 0.29) is 24.0 Å². The molecule has 2 N–H and O–H groups in total. The molecule has 0 aliphatic heterocycles. The van der Waals surface area contributed by atoms with E-state index in [1.54, 1.807) is 0 Å². The van der Waals surface area contributed by atoms with Crippen molar-refractivity contribution < 1.29 is 4.74 Å². The number of guanidine groups is 1. The van der Waals surface area contributed by atoms with Crippen molar-refractivity contribution in [1.82, 2.24) is 15.5 Å². The summed E-state index contributed by atoms with van der Waals surface area (Å²) in [5.74, 6) is 1.51. The molecule has 134 valence electrons. The molecule has 0 spiro atoms. The predicted molar refractivity (Wildman–Crippen MR) is 107 cm³/mol. The van der Waals surface area contributed by atoms with Gasteiger partial charge in [-0.2, -0.15) is 0 Å². The van der Waals surface area contributed by atoms with E-state index in [0.29, 0.717) is 5.92 Å². The predicted octanol–water partition coefficient (Wildman–Crippen LogP) is 2.56. The average Bonchev–Trinajstić information content (AvgIpc) is 2.46. The summed E-state index contributed by atoms with van der Waals surface area (Å²) in [6.45, 7) is 18.3. The van der Waals surface area contributed by atoms with Crippen LogP contribution in [0.2, 0.25) is 0 Å². The van der Waals surface area contributed by atoms with Crippen molar-refractivity contribution in [3.05, 3.63) is 0 Å². The summed E-state index contributed by atoms with van der Waals surface area (Å²) < 4.78 is 5.56. The number of hydrogen-bond acceptors (Lipinski definition) is 3. The van der Waals surface area contributed by atoms with Gasteiger partial charge in [0, 0.05) is 39.4 Å². The Labute approximate surface area is 154 Å². The third kappa shape index (κ3) is 14.8. The third-order valence-corrected chi connectivity index (χ3v) is 3.13. The molecular weight excluding hydrogens is 391 g/mol. The number of rotatable bonds is 12. The van der Waals surface area contributed by atoms with Crippen molar-refractivity contribution in [2.24, 2.45) is 10.9 Å². The van der Waals surface area contributed by atoms with Crippen LogP contribution in [0.4, 0.5) is 0 Å². The molecule has 0 aliphatic carbocycles. The van der Waals surface area contributed by atoms with Crippen LogP contribution >= 0.6 is 24.0 Å². The molecule has 0 aliphatic rings. The summed E-state index contributed by atoms with van der Waals surface area (Å²) in [6.07, 6.45) is 0.972. The molecule has 0 rings (SSSR count). The first-order valence-corrected chi connectivity index (χ1v) is 8.46. The first-order chi connectivity index (χ1) is 10.1. The molecule has 0 atom stereocenters. The van der Waals surface area contributed by atoms with E-state index in [4.69, 9.17) is 4.74 Å². The molecule has 0 aromatic heterocycles. The number of halogens is 1. The molecule has 0 bridgehead atoms. The molecule has 0 saturated carbocycles. The van der Waals surface area contributed by atoms with Crippen LogP contribution in [-0.2, 0) is 4.74 Å². The standard InChI is InChI=1S/C16H36N4O.HI/c1-6-17-16(19-11-12-20(7-2)8-3)18-10-9-13-21-14-15(4)5;/h15H,6-14H2,1-5H3,(H2,17,18,19);1H. The summed E-state index contributed by atoms with van der Waals surface area (Å²) >= 11 is 0. The topological polar surface area (TPSA) is 48.9 Å². The van der Waals surface area contributed by atoms with Crippen molar-refractivity contribution in [3.8, 4) is 0 Å². The fraction of sp³-hybridized carbons (Fsp3) is 0.938. The maximum atomic E-state index is 5.56. The second-order valence-electron chi connectivity index (χ2n) is 5.54. The Morgan fingerprint density at radius 2 is 1.82 bits per heavy atom. The molecule has 22 heavy (non-hydrogen) atoms. The van der Waals surface area contributed by atoms with E-state index >= 15 is 0 Å². The van der Waals surface area contributed by atoms with Crippen molar-refractivity contribution in [3.63, 3.8) is 0 Å². The van der Waals surface area contributed by atoms with Gasteiger partial charge in [-0.25, -0.2) is 0 Å². The molecular formula is C16H37IN4O. The Morgan fingerprint density at radius 3 is 2.36 bits per heavy atom. The lowest BCUT2D eigenvalue weighted by Crippen LogP contribution is -2.41. The zero-order valence-electron chi connectivity index (χ0n) is 15.2. The first-order valence-electron chi connectivity index (χ1n) is 8.46. The summed E-state index contributed by atoms with van der Waals surface area (Å²) in [4.78, 5) is 6.97. The van der Waals surface area contributed by atoms with Crippen molar-refractivity contribution in [1.29, 1.82) is 0 Å². The highest BCUT2D eigenvalue weighted by atomic mass is 127. The number of nitrogens with zero attached hydrogens (tertiary/aromatic N) is 2. The van der Waals surface area contributed by atoms with Crippen molar-refractivity contribution >= 4 is 29.9 Å². The van der Waals surface area contributed by atoms with Crippen LogP contribution in [0.25, 0.3) is 0 Å². The van der Waals surface area contributed by atoms with Gasteiger partial charge >= 0.3 is 0 Å². The molecule has 0 saturated heterocycles. The van der Waals surface area contributed by atoms with Gasteiger partial charge in [0.15, 0.2) is 5.96 Å². The molecule has 0 aromatic rings. The van der Waals surface area contributed by atoms with Gasteiger partial charge in [0.05, 0.1) is 0 Å². The number of ether oxygens (including phenoxy) is 1. The Balaban J connectivity index is 0. The van der Waals surface area contributed by atoms with Crippen LogP contribution in [-0.4, -0.2) is 63.3 Å². The molecule has 0 amide bonds. The van der Waals surface area contributed by atoms with Gasteiger partial charge in [0.2, 0.25) is 0 Å². The van der Waals surface area contributed by atoms with Crippen LogP contribution in [0.3, 0.4) is 0 Å². The number of hydrogen-bond donors (Lipinski definition) is 2. The number of aliphatic imine (C=N–C) groups is 1. The zero-order valence-corrected chi connectivity index (χ0v) is 17.5. The monoisotopic (exact) mass is 428 g/mol. The largest absolute Gasteiger partial charge is 0.381 e. The lowest BCUT2D eigenvalue weighted by Gasteiger charge is -2.19. The van der Waals surface area contributed by atoms with E-state index in [0.717, 1.165) is 64.9 Å². The van der Waals surface area contributed by atoms with Crippen LogP contribution in [0.1, 0.15) is 41.0 Å². The highest BCUT2D eigenvalue weighted by Gasteiger charge is 2.00. The summed E-state index contributed by atoms with van der Waals surface area (Å²) in [7, 11) is 0. The Morgan fingerprint density at radius 1 is 1.14 bits per heavy atom. The molecule has 0 aromatic carbocycles. The minimum Gasteiger partial charge on any atom is -0.381 e. The smallest absolute Gasteiger partial charge is 0.191 e. The zero-order chi connectivity index (χ0) is 15.9. The van der Waals surface area contributed by atoms with Gasteiger partial charge in [0.1, 0.15) is 0 Å². The van der Waals surface area contributed by atoms with Crippen LogP contribution in [0.15, 0.2) is 4.99 Å². The van der Waals surface area contributed by atoms with Gasteiger partial charge in [0.25, 0.3) is 0 Å². The molecule has 0 unspecified atom stereocenters. The van der Waals surface area contributed by atoms with E-state index < -0.39 is 0 Å². The highest BCUT2D eigenvalue weighted by Crippen LogP contribution is 1.93. The summed E-state index contributed by atoms with van der Waals surface area (Å²) in [5, 5.41) is 6.67. The van der Waals surface area contributed by atoms with Crippen molar-refractivity contribution in [2.45, 2.75) is 41.0 Å². The second kappa shape index (κ2) is 17.3. The average molecular weight is 428 g/mol. The lowest BCUT2D eigenvalue weighted by molar-refractivity contribution is 0.109. The second-order valence-corrected chi connectivity index (χ2v) is 5.54. The van der Waals surface area contributed by atoms with Gasteiger partial charge < -0.3 is 20.3 Å². The Hall–Kier alpha value is -0.0800. The summed E-state index contributed by atoms with van der Waals surface area (Å²) in [6, 6.07) is 0. The Bertz CT molecular complexity index is 259. The summed E-state index contributed by atoms with van der Waals surface area (Å²) in [5.41, 5.74) is 0. The molecule has 6 heteroatoms. The SMILES string of the molecule is CCNC(=NCCCOCC(C)C)NCCN(CC)CC.I. The fourth-order valence-corrected chi connectivity index (χ4v) is 1.89. The molecule has 5 nitrogen and oxygen atoms in total. The van der Waals surface area contributed by atoms with Crippen LogP contribution in [0.5, 0.6) is 0 Å². The van der Waals surface area contributed by atoms with E-state index in [1.165, 1.54) is 0 Å². The number of likely N-dealkylation sites (N-methyl/N-ethyl adjacent to an activating group) is 1. The maximum absolute atomic E-state index is 5.56. The minimum atomic E-state index is 0. The molecule has 0 fully saturated rings. The third-order valence-electron chi connectivity index (χ3n) is 3.13. The highest BCUT2D eigenvalue weighted by molar-refractivity contribution is 14.0. The van der Waals surface area contributed by atoms with Gasteiger partial charge in [-0.3, -0.25) is 4.99 Å². The normalized spacial score (nSPS) is 11.7. The van der Waals surface area contributed by atoms with E-state index in [2.05, 4.69) is 55.1 Å². The quantitative estimate of drug-likeness (QED) is 0.217. The van der Waals surface area contributed by atoms with Gasteiger partial charge in [-0.05, 0) is 32.4 Å². The van der Waals surface area contributed by atoms with Crippen molar-refractivity contribution in [2.75, 3.05) is 52.5 Å². The number of nitrogens with one attached hydrogen (secondary N) is 2. The minimum absolute atomic E-state index is 0. The maximum Gasteiger partial charge on any atom is 0.191 e. The lowest BCUT2D eigenvalue weighted by atomic mass is 10.2. The Kier molecular flexibility index (Phi) is 19.0. The van der Waals surface area contributed by atoms with Crippen LogP contribution in [0, 0.1) is 5.92 Å². The molecule has 0 heterocycles. The van der Waals surface area contributed by atoms with Crippen LogP contribution < -0.4 is 10.6 Å². The molecule has 0 radical (unpaired) electrons. The van der Waals surface area contributed by atoms with Gasteiger partial charge in [-0.15, -0.1) is 24.0 Å². The fourth-order valence-electron chi connectivity index (χ4n) is 1.89. The van der Waals surface area contributed by atoms with Gasteiger partial charge in [-0.1, -0.05) is 27.7 Å². The first kappa shape index (κ1) is 24.2. The van der Waals surface area contributed by atoms with E-state index in [9.17, 15) is 0 Å². The van der Waals surface area contributed by atoms with E-state index in [1.807, 2.05) is 0 Å².